The first-order chi connectivity index (χ1) is 7.66. The van der Waals surface area contributed by atoms with Crippen molar-refractivity contribution >= 4 is 11.8 Å². The van der Waals surface area contributed by atoms with E-state index in [1.54, 1.807) is 0 Å². The molecule has 0 aromatic rings. The minimum atomic E-state index is -0.410. The van der Waals surface area contributed by atoms with Gasteiger partial charge in [-0.15, -0.1) is 0 Å². The molecule has 5 nitrogen and oxygen atoms in total. The average Bonchev–Trinajstić information content (AvgIpc) is 2.27. The fraction of sp³-hybridized carbons (Fsp3) is 0.818. The number of ether oxygens (including phenoxy) is 1. The highest BCUT2D eigenvalue weighted by atomic mass is 16.5. The summed E-state index contributed by atoms with van der Waals surface area (Å²) >= 11 is 0. The van der Waals surface area contributed by atoms with Crippen molar-refractivity contribution in [3.8, 4) is 0 Å². The second-order valence-electron chi connectivity index (χ2n) is 2.93. The first-order valence-electron chi connectivity index (χ1n) is 5.79. The van der Waals surface area contributed by atoms with Crippen LogP contribution < -0.4 is 11.1 Å². The molecule has 0 radical (unpaired) electrons. The van der Waals surface area contributed by atoms with Gasteiger partial charge in [-0.05, 0) is 6.42 Å². The van der Waals surface area contributed by atoms with Crippen LogP contribution in [0.25, 0.3) is 0 Å². The molecule has 0 aromatic carbocycles. The molecular formula is C11H24N2O3. The number of nitrogens with one attached hydrogen (secondary N) is 1. The number of hydrogen-bond donors (Lipinski definition) is 2. The Kier molecular flexibility index (Phi) is 15.0. The summed E-state index contributed by atoms with van der Waals surface area (Å²) in [5.74, 6) is -0.519. The van der Waals surface area contributed by atoms with E-state index in [1.165, 1.54) is 0 Å². The summed E-state index contributed by atoms with van der Waals surface area (Å²) in [7, 11) is 0. The summed E-state index contributed by atoms with van der Waals surface area (Å²) in [5, 5.41) is 2.57. The molecule has 0 aliphatic heterocycles. The zero-order chi connectivity index (χ0) is 12.8. The number of rotatable bonds is 8. The predicted octanol–water partition coefficient (Wildman–Crippen LogP) is 0.821. The third-order valence-corrected chi connectivity index (χ3v) is 1.52. The van der Waals surface area contributed by atoms with Crippen molar-refractivity contribution in [1.29, 1.82) is 0 Å². The van der Waals surface area contributed by atoms with Crippen molar-refractivity contribution in [2.75, 3.05) is 19.8 Å². The zero-order valence-corrected chi connectivity index (χ0v) is 10.5. The summed E-state index contributed by atoms with van der Waals surface area (Å²) in [6, 6.07) is 0. The standard InChI is InChI=1S/C9H18N2O3.C2H6/c1-2-6-14-7-4-9(13)11-5-3-8(10)12;1-2/h2-7H2,1H3,(H2,10,12)(H,11,13);1-2H3. The van der Waals surface area contributed by atoms with Gasteiger partial charge in [0.2, 0.25) is 11.8 Å². The van der Waals surface area contributed by atoms with Gasteiger partial charge in [-0.25, -0.2) is 0 Å². The molecule has 5 heteroatoms. The van der Waals surface area contributed by atoms with E-state index in [4.69, 9.17) is 10.5 Å². The molecule has 3 N–H and O–H groups in total. The Hall–Kier alpha value is -1.10. The maximum atomic E-state index is 11.0. The van der Waals surface area contributed by atoms with Crippen LogP contribution in [0.3, 0.4) is 0 Å². The van der Waals surface area contributed by atoms with Gasteiger partial charge >= 0.3 is 0 Å². The van der Waals surface area contributed by atoms with E-state index in [1.807, 2.05) is 20.8 Å². The zero-order valence-electron chi connectivity index (χ0n) is 10.5. The van der Waals surface area contributed by atoms with Gasteiger partial charge < -0.3 is 15.8 Å². The highest BCUT2D eigenvalue weighted by Crippen LogP contribution is 1.85. The Morgan fingerprint density at radius 2 is 1.81 bits per heavy atom. The van der Waals surface area contributed by atoms with Crippen molar-refractivity contribution in [3.05, 3.63) is 0 Å². The van der Waals surface area contributed by atoms with Crippen LogP contribution >= 0.6 is 0 Å². The van der Waals surface area contributed by atoms with E-state index in [0.29, 0.717) is 26.2 Å². The third-order valence-electron chi connectivity index (χ3n) is 1.52. The molecule has 0 aliphatic carbocycles. The van der Waals surface area contributed by atoms with E-state index in [0.717, 1.165) is 6.42 Å². The summed E-state index contributed by atoms with van der Waals surface area (Å²) in [5.41, 5.74) is 4.90. The number of hydrogen-bond acceptors (Lipinski definition) is 3. The fourth-order valence-electron chi connectivity index (χ4n) is 0.825. The maximum Gasteiger partial charge on any atom is 0.222 e. The van der Waals surface area contributed by atoms with Crippen LogP contribution in [0.5, 0.6) is 0 Å². The lowest BCUT2D eigenvalue weighted by atomic mass is 10.3. The quantitative estimate of drug-likeness (QED) is 0.608. The maximum absolute atomic E-state index is 11.0. The molecule has 0 fully saturated rings. The first kappa shape index (κ1) is 17.3. The second-order valence-corrected chi connectivity index (χ2v) is 2.93. The summed E-state index contributed by atoms with van der Waals surface area (Å²) in [6.45, 7) is 7.42. The lowest BCUT2D eigenvalue weighted by Crippen LogP contribution is -2.28. The Labute approximate surface area is 97.7 Å². The molecule has 0 atom stereocenters. The monoisotopic (exact) mass is 232 g/mol. The second kappa shape index (κ2) is 13.9. The number of nitrogens with two attached hydrogens (primary N) is 1. The molecule has 0 rings (SSSR count). The molecule has 0 heterocycles. The van der Waals surface area contributed by atoms with Crippen molar-refractivity contribution in [2.24, 2.45) is 5.73 Å². The van der Waals surface area contributed by atoms with Crippen LogP contribution in [0, 0.1) is 0 Å². The molecule has 16 heavy (non-hydrogen) atoms. The van der Waals surface area contributed by atoms with Crippen molar-refractivity contribution < 1.29 is 14.3 Å². The molecule has 0 unspecified atom stereocenters. The molecular weight excluding hydrogens is 208 g/mol. The van der Waals surface area contributed by atoms with Crippen molar-refractivity contribution in [1.82, 2.24) is 5.32 Å². The molecule has 0 bridgehead atoms. The Balaban J connectivity index is 0. The molecule has 96 valence electrons. The number of carbonyl (C=O) groups is 2. The highest BCUT2D eigenvalue weighted by Gasteiger charge is 2.01. The van der Waals surface area contributed by atoms with Gasteiger partial charge in [0.15, 0.2) is 0 Å². The normalized spacial score (nSPS) is 8.94. The number of primary amides is 1. The van der Waals surface area contributed by atoms with Crippen LogP contribution in [-0.4, -0.2) is 31.6 Å². The number of carbonyl (C=O) groups excluding carboxylic acids is 2. The van der Waals surface area contributed by atoms with E-state index < -0.39 is 5.91 Å². The topological polar surface area (TPSA) is 81.4 Å². The van der Waals surface area contributed by atoms with Gasteiger partial charge in [-0.2, -0.15) is 0 Å². The van der Waals surface area contributed by atoms with Crippen molar-refractivity contribution in [3.63, 3.8) is 0 Å². The Bertz CT molecular complexity index is 184. The van der Waals surface area contributed by atoms with Gasteiger partial charge in [0.1, 0.15) is 0 Å². The van der Waals surface area contributed by atoms with Gasteiger partial charge in [0, 0.05) is 26.0 Å². The van der Waals surface area contributed by atoms with Gasteiger partial charge in [0.05, 0.1) is 6.61 Å². The van der Waals surface area contributed by atoms with Gasteiger partial charge in [0.25, 0.3) is 0 Å². The van der Waals surface area contributed by atoms with Crippen LogP contribution in [0.4, 0.5) is 0 Å². The highest BCUT2D eigenvalue weighted by molar-refractivity contribution is 5.78. The van der Waals surface area contributed by atoms with E-state index in [-0.39, 0.29) is 12.3 Å². The van der Waals surface area contributed by atoms with Gasteiger partial charge in [-0.3, -0.25) is 9.59 Å². The molecule has 0 saturated heterocycles. The lowest BCUT2D eigenvalue weighted by Gasteiger charge is -2.03. The molecule has 2 amide bonds. The smallest absolute Gasteiger partial charge is 0.222 e. The molecule has 0 aliphatic rings. The summed E-state index contributed by atoms with van der Waals surface area (Å²) < 4.78 is 5.13. The Morgan fingerprint density at radius 1 is 1.19 bits per heavy atom. The minimum Gasteiger partial charge on any atom is -0.381 e. The third kappa shape index (κ3) is 15.4. The SMILES string of the molecule is CC.CCCOCCC(=O)NCCC(N)=O. The largest absolute Gasteiger partial charge is 0.381 e. The number of amides is 2. The van der Waals surface area contributed by atoms with Crippen LogP contribution in [0.15, 0.2) is 0 Å². The molecule has 0 spiro atoms. The van der Waals surface area contributed by atoms with Crippen LogP contribution in [0.2, 0.25) is 0 Å². The molecule has 0 aromatic heterocycles. The van der Waals surface area contributed by atoms with E-state index in [2.05, 4.69) is 5.32 Å². The Morgan fingerprint density at radius 3 is 2.31 bits per heavy atom. The predicted molar refractivity (Wildman–Crippen MR) is 63.9 cm³/mol. The molecule has 0 saturated carbocycles. The minimum absolute atomic E-state index is 0.109. The first-order valence-corrected chi connectivity index (χ1v) is 5.79. The van der Waals surface area contributed by atoms with Crippen LogP contribution in [0.1, 0.15) is 40.0 Å². The van der Waals surface area contributed by atoms with E-state index in [9.17, 15) is 9.59 Å². The summed E-state index contributed by atoms with van der Waals surface area (Å²) in [6.07, 6.45) is 1.46. The van der Waals surface area contributed by atoms with E-state index >= 15 is 0 Å². The fourth-order valence-corrected chi connectivity index (χ4v) is 0.825. The van der Waals surface area contributed by atoms with Crippen molar-refractivity contribution in [2.45, 2.75) is 40.0 Å². The summed E-state index contributed by atoms with van der Waals surface area (Å²) in [4.78, 5) is 21.4. The van der Waals surface area contributed by atoms with Crippen LogP contribution in [-0.2, 0) is 14.3 Å². The van der Waals surface area contributed by atoms with Gasteiger partial charge in [-0.1, -0.05) is 20.8 Å². The average molecular weight is 232 g/mol. The lowest BCUT2D eigenvalue weighted by molar-refractivity contribution is -0.122.